The Morgan fingerprint density at radius 3 is 2.60 bits per heavy atom. The van der Waals surface area contributed by atoms with Gasteiger partial charge in [-0.05, 0) is 18.6 Å². The largest absolute Gasteiger partial charge is 0.481 e. The van der Waals surface area contributed by atoms with Crippen molar-refractivity contribution < 1.29 is 19.6 Å². The van der Waals surface area contributed by atoms with Gasteiger partial charge in [0.25, 0.3) is 11.6 Å². The number of carbonyl (C=O) groups excluding carboxylic acids is 1. The van der Waals surface area contributed by atoms with E-state index in [-0.39, 0.29) is 23.9 Å². The Morgan fingerprint density at radius 2 is 2.10 bits per heavy atom. The summed E-state index contributed by atoms with van der Waals surface area (Å²) in [6, 6.07) is 4.11. The van der Waals surface area contributed by atoms with Crippen LogP contribution in [0.25, 0.3) is 0 Å². The van der Waals surface area contributed by atoms with Crippen molar-refractivity contribution in [2.45, 2.75) is 13.3 Å². The maximum absolute atomic E-state index is 12.2. The molecule has 0 bridgehead atoms. The van der Waals surface area contributed by atoms with E-state index in [1.54, 1.807) is 11.8 Å². The number of nitrogens with zero attached hydrogens (tertiary/aromatic N) is 2. The number of carboxylic acids is 1. The normalized spacial score (nSPS) is 14.8. The van der Waals surface area contributed by atoms with E-state index >= 15 is 0 Å². The number of likely N-dealkylation sites (tertiary alicyclic amines) is 1. The first-order valence-corrected chi connectivity index (χ1v) is 6.14. The zero-order valence-corrected chi connectivity index (χ0v) is 10.9. The predicted molar refractivity (Wildman–Crippen MR) is 69.5 cm³/mol. The van der Waals surface area contributed by atoms with E-state index in [1.165, 1.54) is 18.2 Å². The van der Waals surface area contributed by atoms with Gasteiger partial charge in [0.15, 0.2) is 0 Å². The van der Waals surface area contributed by atoms with E-state index in [0.717, 1.165) is 0 Å². The number of carboxylic acid groups (broad SMARTS) is 1. The first-order chi connectivity index (χ1) is 9.38. The van der Waals surface area contributed by atoms with Crippen molar-refractivity contribution in [2.24, 2.45) is 5.92 Å². The van der Waals surface area contributed by atoms with E-state index in [1.807, 2.05) is 0 Å². The third-order valence-corrected chi connectivity index (χ3v) is 3.36. The van der Waals surface area contributed by atoms with Gasteiger partial charge in [0.1, 0.15) is 0 Å². The van der Waals surface area contributed by atoms with Gasteiger partial charge < -0.3 is 10.0 Å². The molecule has 0 aliphatic carbocycles. The summed E-state index contributed by atoms with van der Waals surface area (Å²) >= 11 is 0. The Balaban J connectivity index is 2.04. The molecule has 1 N–H and O–H groups in total. The summed E-state index contributed by atoms with van der Waals surface area (Å²) in [5.41, 5.74) is 0.918. The number of nitro benzene ring substituents is 1. The second-order valence-corrected chi connectivity index (χ2v) is 4.93. The molecule has 106 valence electrons. The Morgan fingerprint density at radius 1 is 1.45 bits per heavy atom. The summed E-state index contributed by atoms with van der Waals surface area (Å²) in [7, 11) is 0. The molecule has 1 aliphatic rings. The molecule has 0 aromatic heterocycles. The molecule has 1 aromatic carbocycles. The summed E-state index contributed by atoms with van der Waals surface area (Å²) in [4.78, 5) is 34.4. The molecule has 0 saturated carbocycles. The Kier molecular flexibility index (Phi) is 3.69. The fraction of sp³-hybridized carbons (Fsp3) is 0.385. The first kappa shape index (κ1) is 14.0. The van der Waals surface area contributed by atoms with Crippen LogP contribution in [0.15, 0.2) is 18.2 Å². The molecule has 1 amide bonds. The third-order valence-electron chi connectivity index (χ3n) is 3.36. The highest BCUT2D eigenvalue weighted by molar-refractivity contribution is 5.96. The average Bonchev–Trinajstić information content (AvgIpc) is 2.32. The van der Waals surface area contributed by atoms with Gasteiger partial charge in [0, 0.05) is 36.7 Å². The summed E-state index contributed by atoms with van der Waals surface area (Å²) in [5.74, 6) is -1.08. The van der Waals surface area contributed by atoms with Crippen molar-refractivity contribution in [3.05, 3.63) is 39.4 Å². The fourth-order valence-electron chi connectivity index (χ4n) is 2.28. The van der Waals surface area contributed by atoms with E-state index in [9.17, 15) is 19.7 Å². The molecule has 20 heavy (non-hydrogen) atoms. The molecule has 7 heteroatoms. The van der Waals surface area contributed by atoms with Crippen molar-refractivity contribution in [1.29, 1.82) is 0 Å². The van der Waals surface area contributed by atoms with E-state index < -0.39 is 10.9 Å². The van der Waals surface area contributed by atoms with Crippen molar-refractivity contribution in [1.82, 2.24) is 4.90 Å². The van der Waals surface area contributed by atoms with E-state index in [2.05, 4.69) is 0 Å². The fourth-order valence-corrected chi connectivity index (χ4v) is 2.28. The molecule has 1 heterocycles. The van der Waals surface area contributed by atoms with E-state index in [0.29, 0.717) is 24.2 Å². The quantitative estimate of drug-likeness (QED) is 0.663. The average molecular weight is 278 g/mol. The van der Waals surface area contributed by atoms with Gasteiger partial charge >= 0.3 is 5.97 Å². The van der Waals surface area contributed by atoms with Crippen LogP contribution in [-0.2, 0) is 4.79 Å². The third kappa shape index (κ3) is 2.76. The standard InChI is InChI=1S/C13H14N2O5/c1-8-4-10(15(19)20)2-3-11(8)13(18)14-6-9(7-14)5-12(16)17/h2-4,9H,5-7H2,1H3,(H,16,17). The molecule has 0 atom stereocenters. The number of non-ortho nitro benzene ring substituents is 1. The zero-order valence-electron chi connectivity index (χ0n) is 10.9. The molecule has 1 fully saturated rings. The van der Waals surface area contributed by atoms with Crippen LogP contribution < -0.4 is 0 Å². The SMILES string of the molecule is Cc1cc([N+](=O)[O-])ccc1C(=O)N1CC(CC(=O)O)C1. The number of hydrogen-bond donors (Lipinski definition) is 1. The minimum Gasteiger partial charge on any atom is -0.481 e. The molecular weight excluding hydrogens is 264 g/mol. The van der Waals surface area contributed by atoms with Gasteiger partial charge in [0.2, 0.25) is 0 Å². The van der Waals surface area contributed by atoms with Gasteiger partial charge in [-0.3, -0.25) is 19.7 Å². The summed E-state index contributed by atoms with van der Waals surface area (Å²) in [6.07, 6.45) is 0.0586. The number of carbonyl (C=O) groups is 2. The maximum Gasteiger partial charge on any atom is 0.303 e. The lowest BCUT2D eigenvalue weighted by Gasteiger charge is -2.38. The minimum absolute atomic E-state index is 0.00481. The van der Waals surface area contributed by atoms with Crippen LogP contribution >= 0.6 is 0 Å². The number of rotatable bonds is 4. The highest BCUT2D eigenvalue weighted by atomic mass is 16.6. The van der Waals surface area contributed by atoms with Crippen LogP contribution in [0, 0.1) is 23.0 Å². The molecule has 2 rings (SSSR count). The zero-order chi connectivity index (χ0) is 14.9. The number of nitro groups is 1. The minimum atomic E-state index is -0.867. The summed E-state index contributed by atoms with van der Waals surface area (Å²) in [6.45, 7) is 2.48. The smallest absolute Gasteiger partial charge is 0.303 e. The second-order valence-electron chi connectivity index (χ2n) is 4.93. The Labute approximate surface area is 115 Å². The lowest BCUT2D eigenvalue weighted by Crippen LogP contribution is -2.50. The highest BCUT2D eigenvalue weighted by Gasteiger charge is 2.33. The van der Waals surface area contributed by atoms with Crippen molar-refractivity contribution in [3.8, 4) is 0 Å². The van der Waals surface area contributed by atoms with Crippen LogP contribution in [-0.4, -0.2) is 39.9 Å². The summed E-state index contributed by atoms with van der Waals surface area (Å²) < 4.78 is 0. The van der Waals surface area contributed by atoms with Crippen LogP contribution in [0.2, 0.25) is 0 Å². The lowest BCUT2D eigenvalue weighted by atomic mass is 9.94. The number of benzene rings is 1. The molecule has 0 radical (unpaired) electrons. The van der Waals surface area contributed by atoms with Crippen molar-refractivity contribution in [2.75, 3.05) is 13.1 Å². The number of aryl methyl sites for hydroxylation is 1. The van der Waals surface area contributed by atoms with Gasteiger partial charge in [0.05, 0.1) is 11.3 Å². The Hall–Kier alpha value is -2.44. The molecular formula is C13H14N2O5. The first-order valence-electron chi connectivity index (χ1n) is 6.14. The highest BCUT2D eigenvalue weighted by Crippen LogP contribution is 2.24. The van der Waals surface area contributed by atoms with Gasteiger partial charge in [-0.25, -0.2) is 0 Å². The van der Waals surface area contributed by atoms with Crippen LogP contribution in [0.1, 0.15) is 22.3 Å². The molecule has 0 spiro atoms. The van der Waals surface area contributed by atoms with Crippen molar-refractivity contribution in [3.63, 3.8) is 0 Å². The number of aliphatic carboxylic acids is 1. The van der Waals surface area contributed by atoms with Crippen LogP contribution in [0.3, 0.4) is 0 Å². The summed E-state index contributed by atoms with van der Waals surface area (Å²) in [5, 5.41) is 19.3. The molecule has 1 saturated heterocycles. The topological polar surface area (TPSA) is 101 Å². The Bertz CT molecular complexity index is 578. The van der Waals surface area contributed by atoms with E-state index in [4.69, 9.17) is 5.11 Å². The molecule has 1 aromatic rings. The maximum atomic E-state index is 12.2. The number of amides is 1. The van der Waals surface area contributed by atoms with Gasteiger partial charge in [-0.15, -0.1) is 0 Å². The molecule has 0 unspecified atom stereocenters. The number of hydrogen-bond acceptors (Lipinski definition) is 4. The second kappa shape index (κ2) is 5.28. The predicted octanol–water partition coefficient (Wildman–Crippen LogP) is 1.45. The van der Waals surface area contributed by atoms with Crippen LogP contribution in [0.4, 0.5) is 5.69 Å². The van der Waals surface area contributed by atoms with Gasteiger partial charge in [-0.2, -0.15) is 0 Å². The van der Waals surface area contributed by atoms with Gasteiger partial charge in [-0.1, -0.05) is 0 Å². The molecule has 1 aliphatic heterocycles. The van der Waals surface area contributed by atoms with Crippen LogP contribution in [0.5, 0.6) is 0 Å². The monoisotopic (exact) mass is 278 g/mol. The lowest BCUT2D eigenvalue weighted by molar-refractivity contribution is -0.384. The van der Waals surface area contributed by atoms with Crippen molar-refractivity contribution >= 4 is 17.6 Å². The molecule has 7 nitrogen and oxygen atoms in total.